The molecule has 0 bridgehead atoms. The third-order valence-electron chi connectivity index (χ3n) is 12.6. The lowest BCUT2D eigenvalue weighted by Crippen LogP contribution is -2.54. The number of fused-ring (bicyclic) bond motifs is 2. The van der Waals surface area contributed by atoms with Gasteiger partial charge in [0.15, 0.2) is 5.65 Å². The number of benzene rings is 3. The van der Waals surface area contributed by atoms with Gasteiger partial charge in [0.2, 0.25) is 17.7 Å². The van der Waals surface area contributed by atoms with Crippen LogP contribution in [0.4, 0.5) is 11.5 Å². The van der Waals surface area contributed by atoms with Gasteiger partial charge in [-0.2, -0.15) is 5.10 Å². The molecule has 18 nitrogen and oxygen atoms in total. The number of hydrogen-bond acceptors (Lipinski definition) is 14. The number of imide groups is 2. The summed E-state index contributed by atoms with van der Waals surface area (Å²) in [6, 6.07) is 22.0. The first-order chi connectivity index (χ1) is 31.2. The molecule has 1 aliphatic carbocycles. The van der Waals surface area contributed by atoms with Crippen molar-refractivity contribution >= 4 is 52.1 Å². The van der Waals surface area contributed by atoms with Crippen LogP contribution >= 0.6 is 0 Å². The molecule has 0 spiro atoms. The van der Waals surface area contributed by atoms with Crippen LogP contribution in [-0.4, -0.2) is 135 Å². The number of nitrogens with zero attached hydrogens (tertiary/aromatic N) is 7. The Morgan fingerprint density at radius 1 is 0.812 bits per heavy atom. The summed E-state index contributed by atoms with van der Waals surface area (Å²) in [5, 5.41) is 13.9. The molecule has 4 aliphatic rings. The maximum atomic E-state index is 13.3. The number of carbonyl (C=O) groups is 5. The quantitative estimate of drug-likeness (QED) is 0.0873. The predicted molar refractivity (Wildman–Crippen MR) is 236 cm³/mol. The zero-order valence-electron chi connectivity index (χ0n) is 35.4. The Morgan fingerprint density at radius 3 is 2.33 bits per heavy atom. The van der Waals surface area contributed by atoms with Gasteiger partial charge in [0.1, 0.15) is 35.4 Å². The van der Waals surface area contributed by atoms with Gasteiger partial charge in [-0.05, 0) is 80.6 Å². The fraction of sp³-hybridized carbons (Fsp3) is 0.391. The van der Waals surface area contributed by atoms with Gasteiger partial charge < -0.3 is 25.8 Å². The van der Waals surface area contributed by atoms with Crippen molar-refractivity contribution in [2.75, 3.05) is 70.1 Å². The zero-order valence-corrected chi connectivity index (χ0v) is 35.4. The average Bonchev–Trinajstić information content (AvgIpc) is 3.83. The molecule has 3 fully saturated rings. The van der Waals surface area contributed by atoms with Crippen molar-refractivity contribution in [1.82, 2.24) is 45.1 Å². The van der Waals surface area contributed by atoms with E-state index in [2.05, 4.69) is 40.4 Å². The van der Waals surface area contributed by atoms with Crippen LogP contribution in [0, 0.1) is 0 Å². The SMILES string of the molecule is Nc1ncnc2c1c(-c1ccc(Oc3ccccc3)cc1)nn2[C@H]1CC[C@H](N2CCN(CCOCCNC(=O)CNc3cccc4c3C(=O)N(C3CCC(=O)NC3=O)C4=O)CC2)CC1. The Hall–Kier alpha value is -6.76. The molecule has 1 unspecified atom stereocenters. The molecule has 64 heavy (non-hydrogen) atoms. The Kier molecular flexibility index (Phi) is 12.6. The highest BCUT2D eigenvalue weighted by atomic mass is 16.5. The maximum Gasteiger partial charge on any atom is 0.264 e. The number of aromatic nitrogens is 4. The molecule has 2 saturated heterocycles. The summed E-state index contributed by atoms with van der Waals surface area (Å²) in [4.78, 5) is 78.0. The van der Waals surface area contributed by atoms with Crippen LogP contribution < -0.4 is 26.4 Å². The van der Waals surface area contributed by atoms with Crippen molar-refractivity contribution in [2.45, 2.75) is 56.7 Å². The molecule has 1 saturated carbocycles. The largest absolute Gasteiger partial charge is 0.457 e. The van der Waals surface area contributed by atoms with Crippen LogP contribution in [0.5, 0.6) is 11.5 Å². The second-order valence-electron chi connectivity index (χ2n) is 16.5. The van der Waals surface area contributed by atoms with Crippen LogP contribution in [-0.2, 0) is 19.1 Å². The molecular formula is C46H51N11O7. The van der Waals surface area contributed by atoms with Gasteiger partial charge in [-0.3, -0.25) is 44.0 Å². The second-order valence-corrected chi connectivity index (χ2v) is 16.5. The molecule has 3 aliphatic heterocycles. The molecule has 5 N–H and O–H groups in total. The van der Waals surface area contributed by atoms with Crippen molar-refractivity contribution in [3.05, 3.63) is 90.3 Å². The van der Waals surface area contributed by atoms with Crippen molar-refractivity contribution in [2.24, 2.45) is 0 Å². The Bertz CT molecular complexity index is 2530. The molecule has 3 aromatic carbocycles. The Morgan fingerprint density at radius 2 is 1.56 bits per heavy atom. The summed E-state index contributed by atoms with van der Waals surface area (Å²) >= 11 is 0. The van der Waals surface area contributed by atoms with Gasteiger partial charge >= 0.3 is 0 Å². The summed E-state index contributed by atoms with van der Waals surface area (Å²) in [5.41, 5.74) is 9.46. The standard InChI is InChI=1S/C46H51N11O7/c47-42-40-41(29-9-15-33(16-10-29)64-32-5-2-1-3-6-32)53-57(43(40)51-28-50-42)31-13-11-30(12-14-31)55-22-20-54(21-23-55)24-26-63-25-19-48-38(59)27-49-35-8-4-7-34-39(35)46(62)56(45(34)61)36-17-18-37(58)52-44(36)60/h1-10,15-16,28,30-31,36,49H,11-14,17-27H2,(H,48,59)(H2,47,50,51)(H,52,58,60)/t30-,31-,36?. The minimum atomic E-state index is -1.07. The number of nitrogens with two attached hydrogens (primary N) is 1. The number of hydrogen-bond donors (Lipinski definition) is 4. The third-order valence-corrected chi connectivity index (χ3v) is 12.6. The van der Waals surface area contributed by atoms with E-state index in [0.717, 1.165) is 97.1 Å². The first-order valence-electron chi connectivity index (χ1n) is 21.9. The monoisotopic (exact) mass is 869 g/mol. The topological polar surface area (TPSA) is 219 Å². The van der Waals surface area contributed by atoms with E-state index in [4.69, 9.17) is 20.3 Å². The number of nitrogens with one attached hydrogen (secondary N) is 3. The molecule has 9 rings (SSSR count). The van der Waals surface area contributed by atoms with Gasteiger partial charge in [0.25, 0.3) is 11.8 Å². The number of ether oxygens (including phenoxy) is 2. The van der Waals surface area contributed by atoms with E-state index in [1.54, 1.807) is 12.1 Å². The summed E-state index contributed by atoms with van der Waals surface area (Å²) in [7, 11) is 0. The van der Waals surface area contributed by atoms with Crippen molar-refractivity contribution in [3.63, 3.8) is 0 Å². The molecule has 5 aromatic rings. The van der Waals surface area contributed by atoms with Crippen molar-refractivity contribution in [1.29, 1.82) is 0 Å². The lowest BCUT2D eigenvalue weighted by molar-refractivity contribution is -0.136. The lowest BCUT2D eigenvalue weighted by atomic mass is 9.90. The van der Waals surface area contributed by atoms with Gasteiger partial charge in [0.05, 0.1) is 42.3 Å². The highest BCUT2D eigenvalue weighted by Gasteiger charge is 2.45. The number of para-hydroxylation sites is 1. The van der Waals surface area contributed by atoms with Crippen molar-refractivity contribution in [3.8, 4) is 22.8 Å². The number of piperazine rings is 1. The lowest BCUT2D eigenvalue weighted by Gasteiger charge is -2.42. The normalized spacial score (nSPS) is 20.6. The Labute approximate surface area is 369 Å². The van der Waals surface area contributed by atoms with E-state index in [1.807, 2.05) is 54.6 Å². The van der Waals surface area contributed by atoms with E-state index >= 15 is 0 Å². The fourth-order valence-electron chi connectivity index (χ4n) is 9.24. The fourth-order valence-corrected chi connectivity index (χ4v) is 9.24. The summed E-state index contributed by atoms with van der Waals surface area (Å²) in [6.45, 7) is 5.83. The van der Waals surface area contributed by atoms with Gasteiger partial charge in [-0.25, -0.2) is 14.6 Å². The average molecular weight is 870 g/mol. The first-order valence-corrected chi connectivity index (χ1v) is 21.9. The second kappa shape index (κ2) is 18.9. The van der Waals surface area contributed by atoms with Crippen LogP contribution in [0.25, 0.3) is 22.3 Å². The molecule has 1 atom stereocenters. The summed E-state index contributed by atoms with van der Waals surface area (Å²) < 4.78 is 13.9. The van der Waals surface area contributed by atoms with Crippen LogP contribution in [0.1, 0.15) is 65.3 Å². The maximum absolute atomic E-state index is 13.3. The Balaban J connectivity index is 0.680. The van der Waals surface area contributed by atoms with E-state index in [-0.39, 0.29) is 42.5 Å². The highest BCUT2D eigenvalue weighted by molar-refractivity contribution is 6.25. The zero-order chi connectivity index (χ0) is 44.2. The first kappa shape index (κ1) is 42.5. The predicted octanol–water partition coefficient (Wildman–Crippen LogP) is 3.62. The third kappa shape index (κ3) is 9.02. The van der Waals surface area contributed by atoms with E-state index in [9.17, 15) is 24.0 Å². The smallest absolute Gasteiger partial charge is 0.264 e. The minimum Gasteiger partial charge on any atom is -0.457 e. The number of carbonyl (C=O) groups excluding carboxylic acids is 5. The summed E-state index contributed by atoms with van der Waals surface area (Å²) in [6.07, 6.45) is 5.76. The van der Waals surface area contributed by atoms with E-state index in [1.165, 1.54) is 12.4 Å². The number of piperidine rings is 1. The van der Waals surface area contributed by atoms with Crippen LogP contribution in [0.15, 0.2) is 79.1 Å². The molecule has 332 valence electrons. The molecule has 0 radical (unpaired) electrons. The van der Waals surface area contributed by atoms with Gasteiger partial charge in [0, 0.05) is 63.0 Å². The van der Waals surface area contributed by atoms with Crippen LogP contribution in [0.3, 0.4) is 0 Å². The van der Waals surface area contributed by atoms with Crippen LogP contribution in [0.2, 0.25) is 0 Å². The number of anilines is 2. The van der Waals surface area contributed by atoms with E-state index < -0.39 is 29.7 Å². The number of rotatable bonds is 15. The molecule has 5 heterocycles. The van der Waals surface area contributed by atoms with Crippen molar-refractivity contribution < 1.29 is 33.4 Å². The molecule has 18 heteroatoms. The minimum absolute atomic E-state index is 0.0338. The molecule has 5 amide bonds. The number of amides is 5. The van der Waals surface area contributed by atoms with E-state index in [0.29, 0.717) is 37.3 Å². The molecule has 2 aromatic heterocycles. The number of nitrogen functional groups attached to an aromatic ring is 1. The highest BCUT2D eigenvalue weighted by Crippen LogP contribution is 2.38. The molecular weight excluding hydrogens is 819 g/mol. The summed E-state index contributed by atoms with van der Waals surface area (Å²) in [5.74, 6) is -0.731. The van der Waals surface area contributed by atoms with Gasteiger partial charge in [-0.15, -0.1) is 0 Å². The van der Waals surface area contributed by atoms with Gasteiger partial charge in [-0.1, -0.05) is 24.3 Å².